The summed E-state index contributed by atoms with van der Waals surface area (Å²) in [5, 5.41) is 12.8. The van der Waals surface area contributed by atoms with Gasteiger partial charge in [-0.3, -0.25) is 0 Å². The van der Waals surface area contributed by atoms with E-state index in [-0.39, 0.29) is 41.8 Å². The summed E-state index contributed by atoms with van der Waals surface area (Å²) in [5.41, 5.74) is 3.41. The summed E-state index contributed by atoms with van der Waals surface area (Å²) in [6, 6.07) is 9.79. The van der Waals surface area contributed by atoms with E-state index in [4.69, 9.17) is 31.9 Å². The number of hydrogen-bond donors (Lipinski definition) is 4. The number of nitrogens with zero attached hydrogens (tertiary/aromatic N) is 1. The monoisotopic (exact) mass is 510 g/mol. The summed E-state index contributed by atoms with van der Waals surface area (Å²) >= 11 is 5.89. The molecule has 35 heavy (non-hydrogen) atoms. The summed E-state index contributed by atoms with van der Waals surface area (Å²) in [5.74, 6) is -1.05. The maximum Gasteiger partial charge on any atom is 0.419 e. The van der Waals surface area contributed by atoms with E-state index < -0.39 is 34.5 Å². The van der Waals surface area contributed by atoms with Gasteiger partial charge >= 0.3 is 18.2 Å². The first-order chi connectivity index (χ1) is 16.6. The molecule has 0 bridgehead atoms. The number of halogens is 4. The number of aromatic carboxylic acids is 1. The molecule has 3 rings (SSSR count). The Kier molecular flexibility index (Phi) is 7.99. The van der Waals surface area contributed by atoms with Crippen LogP contribution in [-0.2, 0) is 6.18 Å². The number of rotatable bonds is 8. The second kappa shape index (κ2) is 10.9. The molecule has 0 saturated heterocycles. The van der Waals surface area contributed by atoms with E-state index in [1.807, 2.05) is 0 Å². The maximum absolute atomic E-state index is 13.6. The number of hydrogen-bond acceptors (Lipinski definition) is 6. The largest absolute Gasteiger partial charge is 0.491 e. The normalized spacial score (nSPS) is 11.0. The number of carbonyl (C=O) groups is 2. The molecule has 0 aliphatic carbocycles. The highest BCUT2D eigenvalue weighted by Crippen LogP contribution is 2.44. The van der Waals surface area contributed by atoms with Crippen molar-refractivity contribution in [3.8, 4) is 17.2 Å². The molecule has 3 aromatic rings. The van der Waals surface area contributed by atoms with E-state index >= 15 is 0 Å². The fourth-order valence-electron chi connectivity index (χ4n) is 2.87. The number of anilines is 2. The van der Waals surface area contributed by atoms with Crippen LogP contribution in [0, 0.1) is 0 Å². The van der Waals surface area contributed by atoms with E-state index in [0.717, 1.165) is 6.07 Å². The molecule has 0 unspecified atom stereocenters. The van der Waals surface area contributed by atoms with Gasteiger partial charge in [0, 0.05) is 30.6 Å². The number of ether oxygens (including phenoxy) is 2. The Morgan fingerprint density at radius 1 is 1.09 bits per heavy atom. The van der Waals surface area contributed by atoms with Crippen molar-refractivity contribution in [2.75, 3.05) is 23.8 Å². The van der Waals surface area contributed by atoms with Crippen LogP contribution in [0.2, 0.25) is 5.02 Å². The molecular formula is C22H18ClF3N4O5. The van der Waals surface area contributed by atoms with Gasteiger partial charge in [-0.05, 0) is 30.3 Å². The molecule has 5 N–H and O–H groups in total. The maximum atomic E-state index is 13.6. The molecule has 0 aliphatic rings. The molecule has 0 atom stereocenters. The predicted octanol–water partition coefficient (Wildman–Crippen LogP) is 5.23. The van der Waals surface area contributed by atoms with Crippen molar-refractivity contribution in [1.82, 2.24) is 4.98 Å². The van der Waals surface area contributed by atoms with Gasteiger partial charge in [0.25, 0.3) is 0 Å². The zero-order valence-electron chi connectivity index (χ0n) is 17.7. The lowest BCUT2D eigenvalue weighted by Gasteiger charge is -2.18. The zero-order chi connectivity index (χ0) is 25.6. The van der Waals surface area contributed by atoms with Gasteiger partial charge < -0.3 is 30.9 Å². The second-order valence-corrected chi connectivity index (χ2v) is 7.20. The lowest BCUT2D eigenvalue weighted by Crippen LogP contribution is -2.22. The second-order valence-electron chi connectivity index (χ2n) is 6.83. The van der Waals surface area contributed by atoms with Crippen LogP contribution in [0.4, 0.5) is 29.3 Å². The van der Waals surface area contributed by atoms with Crippen molar-refractivity contribution in [2.45, 2.75) is 6.18 Å². The molecule has 0 fully saturated rings. The van der Waals surface area contributed by atoms with Gasteiger partial charge in [0.15, 0.2) is 5.69 Å². The van der Waals surface area contributed by atoms with Crippen LogP contribution in [0.5, 0.6) is 17.2 Å². The molecule has 2 amide bonds. The minimum Gasteiger partial charge on any atom is -0.491 e. The molecule has 13 heteroatoms. The molecule has 9 nitrogen and oxygen atoms in total. The van der Waals surface area contributed by atoms with E-state index in [2.05, 4.69) is 15.6 Å². The highest BCUT2D eigenvalue weighted by atomic mass is 35.5. The predicted molar refractivity (Wildman–Crippen MR) is 121 cm³/mol. The number of amides is 2. The summed E-state index contributed by atoms with van der Waals surface area (Å²) in [7, 11) is 0. The standard InChI is InChI=1S/C22H18ClF3N4O5/c23-19-17(34-9-7-27)5-4-15(18(19)22(24,25)26)30-21(33)29-12-2-1-3-13(10-12)35-14-6-8-28-16(11-14)20(31)32/h1-6,8,10-11H,7,9,27H2,(H,31,32)(H2,29,30,33). The van der Waals surface area contributed by atoms with Crippen LogP contribution in [-0.4, -0.2) is 35.2 Å². The number of alkyl halides is 3. The summed E-state index contributed by atoms with van der Waals surface area (Å²) in [6.07, 6.45) is -3.63. The van der Waals surface area contributed by atoms with Gasteiger partial charge in [0.05, 0.1) is 10.7 Å². The molecule has 0 radical (unpaired) electrons. The van der Waals surface area contributed by atoms with Crippen LogP contribution in [0.15, 0.2) is 54.7 Å². The number of nitrogens with one attached hydrogen (secondary N) is 2. The van der Waals surface area contributed by atoms with Gasteiger partial charge in [-0.2, -0.15) is 13.2 Å². The Morgan fingerprint density at radius 3 is 2.51 bits per heavy atom. The number of carboxylic acid groups (broad SMARTS) is 1. The first kappa shape index (κ1) is 25.6. The number of benzene rings is 2. The number of carboxylic acids is 1. The van der Waals surface area contributed by atoms with E-state index in [1.165, 1.54) is 48.7 Å². The quantitative estimate of drug-likeness (QED) is 0.326. The van der Waals surface area contributed by atoms with Crippen molar-refractivity contribution in [1.29, 1.82) is 0 Å². The first-order valence-electron chi connectivity index (χ1n) is 9.86. The molecule has 2 aromatic carbocycles. The van der Waals surface area contributed by atoms with E-state index in [9.17, 15) is 22.8 Å². The number of nitrogens with two attached hydrogens (primary N) is 1. The molecular weight excluding hydrogens is 493 g/mol. The highest BCUT2D eigenvalue weighted by Gasteiger charge is 2.38. The average Bonchev–Trinajstić information content (AvgIpc) is 2.78. The van der Waals surface area contributed by atoms with Crippen molar-refractivity contribution >= 4 is 35.0 Å². The van der Waals surface area contributed by atoms with Gasteiger partial charge in [0.1, 0.15) is 29.4 Å². The minimum absolute atomic E-state index is 0.0419. The number of pyridine rings is 1. The summed E-state index contributed by atoms with van der Waals surface area (Å²) < 4.78 is 51.6. The molecule has 0 spiro atoms. The van der Waals surface area contributed by atoms with Crippen LogP contribution in [0.25, 0.3) is 0 Å². The number of aromatic nitrogens is 1. The Bertz CT molecular complexity index is 1240. The third-order valence-corrected chi connectivity index (χ3v) is 4.67. The Morgan fingerprint density at radius 2 is 1.83 bits per heavy atom. The van der Waals surface area contributed by atoms with Crippen LogP contribution >= 0.6 is 11.6 Å². The third kappa shape index (κ3) is 6.74. The molecule has 184 valence electrons. The summed E-state index contributed by atoms with van der Waals surface area (Å²) in [6.45, 7) is 0.0323. The van der Waals surface area contributed by atoms with Crippen molar-refractivity contribution in [3.63, 3.8) is 0 Å². The highest BCUT2D eigenvalue weighted by molar-refractivity contribution is 6.33. The molecule has 0 aliphatic heterocycles. The van der Waals surface area contributed by atoms with Crippen molar-refractivity contribution < 1.29 is 37.3 Å². The van der Waals surface area contributed by atoms with Crippen molar-refractivity contribution in [3.05, 3.63) is 71.0 Å². The third-order valence-electron chi connectivity index (χ3n) is 4.29. The Labute approximate surface area is 201 Å². The number of carbonyl (C=O) groups excluding carboxylic acids is 1. The molecule has 1 aromatic heterocycles. The molecule has 0 saturated carbocycles. The lowest BCUT2D eigenvalue weighted by molar-refractivity contribution is -0.136. The smallest absolute Gasteiger partial charge is 0.419 e. The fourth-order valence-corrected chi connectivity index (χ4v) is 3.19. The zero-order valence-corrected chi connectivity index (χ0v) is 18.5. The van der Waals surface area contributed by atoms with E-state index in [0.29, 0.717) is 0 Å². The van der Waals surface area contributed by atoms with Gasteiger partial charge in [-0.15, -0.1) is 0 Å². The lowest BCUT2D eigenvalue weighted by atomic mass is 10.1. The average molecular weight is 511 g/mol. The van der Waals surface area contributed by atoms with Gasteiger partial charge in [-0.25, -0.2) is 14.6 Å². The van der Waals surface area contributed by atoms with Crippen molar-refractivity contribution in [2.24, 2.45) is 5.73 Å². The van der Waals surface area contributed by atoms with Crippen LogP contribution in [0.1, 0.15) is 16.1 Å². The van der Waals surface area contributed by atoms with Crippen LogP contribution < -0.4 is 25.8 Å². The number of urea groups is 1. The SMILES string of the molecule is NCCOc1ccc(NC(=O)Nc2cccc(Oc3ccnc(C(=O)O)c3)c2)c(C(F)(F)F)c1Cl. The topological polar surface area (TPSA) is 136 Å². The van der Waals surface area contributed by atoms with Gasteiger partial charge in [-0.1, -0.05) is 17.7 Å². The first-order valence-corrected chi connectivity index (χ1v) is 10.2. The van der Waals surface area contributed by atoms with Gasteiger partial charge in [0.2, 0.25) is 0 Å². The Hall–Kier alpha value is -4.03. The Balaban J connectivity index is 1.76. The van der Waals surface area contributed by atoms with Crippen LogP contribution in [0.3, 0.4) is 0 Å². The summed E-state index contributed by atoms with van der Waals surface area (Å²) in [4.78, 5) is 27.1. The fraction of sp³-hybridized carbons (Fsp3) is 0.136. The molecule has 1 heterocycles. The van der Waals surface area contributed by atoms with E-state index in [1.54, 1.807) is 0 Å². The minimum atomic E-state index is -4.88.